The van der Waals surface area contributed by atoms with E-state index in [0.717, 1.165) is 77.0 Å². The number of ketones is 1. The number of fused-ring (bicyclic) bond motifs is 1. The van der Waals surface area contributed by atoms with Gasteiger partial charge in [-0.05, 0) is 74.6 Å². The molecule has 0 saturated carbocycles. The van der Waals surface area contributed by atoms with Crippen LogP contribution in [-0.2, 0) is 28.8 Å². The topological polar surface area (TPSA) is 54.5 Å². The van der Waals surface area contributed by atoms with Crippen molar-refractivity contribution in [1.82, 2.24) is 9.88 Å². The number of carbonyl (C=O) groups excluding carboxylic acids is 1. The maximum Gasteiger partial charge on any atom is 0.151 e. The van der Waals surface area contributed by atoms with Gasteiger partial charge in [0, 0.05) is 31.9 Å². The van der Waals surface area contributed by atoms with Crippen LogP contribution in [0.4, 0.5) is 5.82 Å². The van der Waals surface area contributed by atoms with Crippen molar-refractivity contribution in [3.63, 3.8) is 0 Å². The number of rotatable bonds is 11. The number of nitrogens with zero attached hydrogens (tertiary/aromatic N) is 2. The monoisotopic (exact) mass is 449 g/mol. The highest BCUT2D eigenvalue weighted by atomic mass is 16.5. The SMILES string of the molecule is CCc1ccccc1[C@H](C(C)=O)N1CC[C@@H](OCCCCCc2ccc3c(n2)NCCC3)C1. The molecule has 1 aromatic carbocycles. The second-order valence-electron chi connectivity index (χ2n) is 9.49. The van der Waals surface area contributed by atoms with E-state index in [1.807, 2.05) is 6.07 Å². The van der Waals surface area contributed by atoms with Crippen LogP contribution in [0.5, 0.6) is 0 Å². The molecule has 1 saturated heterocycles. The molecule has 5 nitrogen and oxygen atoms in total. The molecule has 0 aliphatic carbocycles. The van der Waals surface area contributed by atoms with Crippen LogP contribution in [0.25, 0.3) is 0 Å². The van der Waals surface area contributed by atoms with Crippen molar-refractivity contribution in [2.24, 2.45) is 0 Å². The number of benzene rings is 1. The number of nitrogens with one attached hydrogen (secondary N) is 1. The average molecular weight is 450 g/mol. The van der Waals surface area contributed by atoms with E-state index in [1.54, 1.807) is 6.92 Å². The Hall–Kier alpha value is -2.24. The molecule has 0 spiro atoms. The summed E-state index contributed by atoms with van der Waals surface area (Å²) in [6.07, 6.45) is 8.94. The number of ether oxygens (including phenoxy) is 1. The van der Waals surface area contributed by atoms with E-state index in [4.69, 9.17) is 9.72 Å². The summed E-state index contributed by atoms with van der Waals surface area (Å²) in [4.78, 5) is 19.7. The van der Waals surface area contributed by atoms with Crippen LogP contribution in [0.15, 0.2) is 36.4 Å². The lowest BCUT2D eigenvalue weighted by molar-refractivity contribution is -0.122. The van der Waals surface area contributed by atoms with Gasteiger partial charge in [-0.3, -0.25) is 9.69 Å². The van der Waals surface area contributed by atoms with Gasteiger partial charge in [0.1, 0.15) is 5.82 Å². The van der Waals surface area contributed by atoms with Crippen LogP contribution in [-0.4, -0.2) is 48.0 Å². The summed E-state index contributed by atoms with van der Waals surface area (Å²) in [6.45, 7) is 7.48. The second kappa shape index (κ2) is 11.8. The zero-order chi connectivity index (χ0) is 23.0. The molecule has 2 aliphatic rings. The first-order valence-electron chi connectivity index (χ1n) is 12.8. The second-order valence-corrected chi connectivity index (χ2v) is 9.49. The number of carbonyl (C=O) groups is 1. The van der Waals surface area contributed by atoms with E-state index in [9.17, 15) is 4.79 Å². The summed E-state index contributed by atoms with van der Waals surface area (Å²) in [5, 5.41) is 3.42. The van der Waals surface area contributed by atoms with E-state index in [1.165, 1.54) is 28.8 Å². The smallest absolute Gasteiger partial charge is 0.151 e. The van der Waals surface area contributed by atoms with Gasteiger partial charge in [-0.1, -0.05) is 43.7 Å². The summed E-state index contributed by atoms with van der Waals surface area (Å²) in [5.74, 6) is 1.32. The third-order valence-corrected chi connectivity index (χ3v) is 7.04. The number of Topliss-reactive ketones (excluding diaryl/α,β-unsaturated/α-hetero) is 1. The third-order valence-electron chi connectivity index (χ3n) is 7.04. The van der Waals surface area contributed by atoms with Gasteiger partial charge in [0.15, 0.2) is 5.78 Å². The van der Waals surface area contributed by atoms with Crippen LogP contribution in [0.1, 0.15) is 74.4 Å². The number of hydrogen-bond acceptors (Lipinski definition) is 5. The number of anilines is 1. The number of unbranched alkanes of at least 4 members (excludes halogenated alkanes) is 2. The van der Waals surface area contributed by atoms with Crippen molar-refractivity contribution in [1.29, 1.82) is 0 Å². The van der Waals surface area contributed by atoms with Crippen LogP contribution < -0.4 is 5.32 Å². The fraction of sp³-hybridized carbons (Fsp3) is 0.571. The summed E-state index contributed by atoms with van der Waals surface area (Å²) in [7, 11) is 0. The predicted octanol–water partition coefficient (Wildman–Crippen LogP) is 5.14. The van der Waals surface area contributed by atoms with Gasteiger partial charge < -0.3 is 10.1 Å². The zero-order valence-corrected chi connectivity index (χ0v) is 20.3. The van der Waals surface area contributed by atoms with Crippen LogP contribution in [0, 0.1) is 0 Å². The predicted molar refractivity (Wildman–Crippen MR) is 134 cm³/mol. The summed E-state index contributed by atoms with van der Waals surface area (Å²) in [6, 6.07) is 12.7. The highest BCUT2D eigenvalue weighted by Crippen LogP contribution is 2.30. The van der Waals surface area contributed by atoms with E-state index in [2.05, 4.69) is 47.5 Å². The Morgan fingerprint density at radius 1 is 1.21 bits per heavy atom. The molecule has 0 radical (unpaired) electrons. The maximum absolute atomic E-state index is 12.5. The summed E-state index contributed by atoms with van der Waals surface area (Å²) < 4.78 is 6.20. The molecular formula is C28H39N3O2. The van der Waals surface area contributed by atoms with E-state index >= 15 is 0 Å². The standard InChI is InChI=1S/C28H39N3O2/c1-3-22-10-6-7-13-26(22)27(21(2)32)31-18-16-25(20-31)33-19-8-4-5-12-24-15-14-23-11-9-17-29-28(23)30-24/h6-7,10,13-15,25,27H,3-5,8-9,11-12,16-20H2,1-2H3,(H,29,30)/t25-,27+/m1/s1. The quantitative estimate of drug-likeness (QED) is 0.482. The molecule has 0 bridgehead atoms. The Kier molecular flexibility index (Phi) is 8.51. The molecule has 2 atom stereocenters. The molecule has 0 unspecified atom stereocenters. The van der Waals surface area contributed by atoms with Crippen LogP contribution in [0.2, 0.25) is 0 Å². The molecule has 178 valence electrons. The van der Waals surface area contributed by atoms with Crippen LogP contribution >= 0.6 is 0 Å². The lowest BCUT2D eigenvalue weighted by Crippen LogP contribution is -2.33. The lowest BCUT2D eigenvalue weighted by atomic mass is 9.95. The first-order chi connectivity index (χ1) is 16.2. The van der Waals surface area contributed by atoms with Crippen molar-refractivity contribution in [2.75, 3.05) is 31.6 Å². The van der Waals surface area contributed by atoms with Gasteiger partial charge in [-0.2, -0.15) is 0 Å². The molecule has 1 aromatic heterocycles. The first-order valence-corrected chi connectivity index (χ1v) is 12.8. The Labute approximate surface area is 198 Å². The molecule has 1 N–H and O–H groups in total. The zero-order valence-electron chi connectivity index (χ0n) is 20.3. The van der Waals surface area contributed by atoms with Crippen molar-refractivity contribution in [2.45, 2.75) is 77.4 Å². The normalized spacial score (nSPS) is 19.2. The summed E-state index contributed by atoms with van der Waals surface area (Å²) >= 11 is 0. The number of aromatic nitrogens is 1. The van der Waals surface area contributed by atoms with Gasteiger partial charge in [0.25, 0.3) is 0 Å². The fourth-order valence-electron chi connectivity index (χ4n) is 5.26. The minimum atomic E-state index is -0.145. The van der Waals surface area contributed by atoms with Gasteiger partial charge in [0.2, 0.25) is 0 Å². The highest BCUT2D eigenvalue weighted by Gasteiger charge is 2.33. The van der Waals surface area contributed by atoms with Crippen molar-refractivity contribution < 1.29 is 9.53 Å². The highest BCUT2D eigenvalue weighted by molar-refractivity contribution is 5.83. The largest absolute Gasteiger partial charge is 0.377 e. The Morgan fingerprint density at radius 2 is 2.09 bits per heavy atom. The molecule has 1 fully saturated rings. The Bertz CT molecular complexity index is 929. The van der Waals surface area contributed by atoms with E-state index in [0.29, 0.717) is 0 Å². The fourth-order valence-corrected chi connectivity index (χ4v) is 5.26. The molecule has 4 rings (SSSR count). The number of hydrogen-bond donors (Lipinski definition) is 1. The maximum atomic E-state index is 12.5. The minimum Gasteiger partial charge on any atom is -0.377 e. The van der Waals surface area contributed by atoms with Crippen molar-refractivity contribution in [3.8, 4) is 0 Å². The third kappa shape index (κ3) is 6.21. The molecule has 2 aliphatic heterocycles. The molecule has 2 aromatic rings. The molecule has 5 heteroatoms. The van der Waals surface area contributed by atoms with Crippen LogP contribution in [0.3, 0.4) is 0 Å². The lowest BCUT2D eigenvalue weighted by Gasteiger charge is -2.27. The molecule has 33 heavy (non-hydrogen) atoms. The van der Waals surface area contributed by atoms with Crippen molar-refractivity contribution >= 4 is 11.6 Å². The van der Waals surface area contributed by atoms with Gasteiger partial charge in [0.05, 0.1) is 12.1 Å². The number of likely N-dealkylation sites (tertiary alicyclic amines) is 1. The minimum absolute atomic E-state index is 0.145. The number of aryl methyl sites for hydroxylation is 3. The van der Waals surface area contributed by atoms with Gasteiger partial charge in [-0.25, -0.2) is 4.98 Å². The Morgan fingerprint density at radius 3 is 2.94 bits per heavy atom. The molecular weight excluding hydrogens is 410 g/mol. The van der Waals surface area contributed by atoms with Gasteiger partial charge in [-0.15, -0.1) is 0 Å². The molecule has 0 amide bonds. The first kappa shape index (κ1) is 23.9. The Balaban J connectivity index is 1.18. The van der Waals surface area contributed by atoms with E-state index < -0.39 is 0 Å². The summed E-state index contributed by atoms with van der Waals surface area (Å²) in [5.41, 5.74) is 4.98. The van der Waals surface area contributed by atoms with Crippen molar-refractivity contribution in [3.05, 3.63) is 58.8 Å². The van der Waals surface area contributed by atoms with Gasteiger partial charge >= 0.3 is 0 Å². The average Bonchev–Trinajstić information content (AvgIpc) is 3.29. The van der Waals surface area contributed by atoms with E-state index in [-0.39, 0.29) is 17.9 Å². The molecule has 3 heterocycles. The number of pyridine rings is 1.